The number of halogens is 1. The van der Waals surface area contributed by atoms with Crippen molar-refractivity contribution in [1.29, 1.82) is 0 Å². The van der Waals surface area contributed by atoms with Crippen molar-refractivity contribution in [3.05, 3.63) is 29.3 Å². The highest BCUT2D eigenvalue weighted by atomic mass is 35.5. The van der Waals surface area contributed by atoms with Gasteiger partial charge in [-0.2, -0.15) is 0 Å². The van der Waals surface area contributed by atoms with Crippen LogP contribution in [0.1, 0.15) is 6.92 Å². The van der Waals surface area contributed by atoms with Gasteiger partial charge in [0.2, 0.25) is 0 Å². The predicted octanol–water partition coefficient (Wildman–Crippen LogP) is 1.68. The molecule has 0 aliphatic heterocycles. The number of hydrogen-bond acceptors (Lipinski definition) is 4. The second kappa shape index (κ2) is 5.18. The molecule has 0 aliphatic carbocycles. The largest absolute Gasteiger partial charge is 0.467 e. The molecule has 0 radical (unpaired) electrons. The Morgan fingerprint density at radius 2 is 2.19 bits per heavy atom. The number of aliphatic hydroxyl groups is 1. The molecule has 1 atom stereocenters. The van der Waals surface area contributed by atoms with Gasteiger partial charge in [-0.1, -0.05) is 23.7 Å². The molecule has 0 fully saturated rings. The van der Waals surface area contributed by atoms with Crippen LogP contribution in [0.15, 0.2) is 24.3 Å². The first-order valence-electron chi connectivity index (χ1n) is 4.76. The third-order valence-electron chi connectivity index (χ3n) is 2.12. The average Bonchev–Trinajstić information content (AvgIpc) is 2.27. The van der Waals surface area contributed by atoms with Gasteiger partial charge in [-0.05, 0) is 19.1 Å². The van der Waals surface area contributed by atoms with Gasteiger partial charge >= 0.3 is 5.97 Å². The quantitative estimate of drug-likeness (QED) is 0.790. The van der Waals surface area contributed by atoms with E-state index in [-0.39, 0.29) is 6.54 Å². The number of carbonyl (C=O) groups excluding carboxylic acids is 1. The van der Waals surface area contributed by atoms with Gasteiger partial charge in [-0.25, -0.2) is 4.79 Å². The van der Waals surface area contributed by atoms with Gasteiger partial charge in [0.25, 0.3) is 0 Å². The summed E-state index contributed by atoms with van der Waals surface area (Å²) in [5.41, 5.74) is -0.915. The summed E-state index contributed by atoms with van der Waals surface area (Å²) in [5, 5.41) is 13.2. The van der Waals surface area contributed by atoms with E-state index >= 15 is 0 Å². The zero-order valence-corrected chi connectivity index (χ0v) is 9.91. The minimum Gasteiger partial charge on any atom is -0.467 e. The predicted molar refractivity (Wildman–Crippen MR) is 62.6 cm³/mol. The van der Waals surface area contributed by atoms with E-state index < -0.39 is 11.6 Å². The molecule has 0 amide bonds. The van der Waals surface area contributed by atoms with Crippen LogP contribution >= 0.6 is 11.6 Å². The number of benzene rings is 1. The van der Waals surface area contributed by atoms with Gasteiger partial charge in [-0.3, -0.25) is 0 Å². The number of ether oxygens (including phenoxy) is 1. The molecule has 5 heteroatoms. The van der Waals surface area contributed by atoms with E-state index in [1.165, 1.54) is 14.0 Å². The first kappa shape index (κ1) is 12.8. The van der Waals surface area contributed by atoms with E-state index in [4.69, 9.17) is 11.6 Å². The highest BCUT2D eigenvalue weighted by Gasteiger charge is 2.31. The van der Waals surface area contributed by atoms with E-state index in [2.05, 4.69) is 10.1 Å². The van der Waals surface area contributed by atoms with E-state index in [0.29, 0.717) is 10.7 Å². The van der Waals surface area contributed by atoms with Crippen LogP contribution in [-0.4, -0.2) is 30.3 Å². The molecule has 0 saturated carbocycles. The Morgan fingerprint density at radius 1 is 1.56 bits per heavy atom. The third kappa shape index (κ3) is 3.12. The van der Waals surface area contributed by atoms with E-state index in [1.54, 1.807) is 24.3 Å². The summed E-state index contributed by atoms with van der Waals surface area (Å²) in [7, 11) is 1.23. The van der Waals surface area contributed by atoms with Gasteiger partial charge in [0, 0.05) is 0 Å². The molecular weight excluding hydrogens is 230 g/mol. The van der Waals surface area contributed by atoms with Gasteiger partial charge in [0.05, 0.1) is 24.4 Å². The Kier molecular flexibility index (Phi) is 4.15. The topological polar surface area (TPSA) is 58.6 Å². The Labute approximate surface area is 99.2 Å². The van der Waals surface area contributed by atoms with Crippen LogP contribution in [0.25, 0.3) is 0 Å². The lowest BCUT2D eigenvalue weighted by Crippen LogP contribution is -2.42. The summed E-state index contributed by atoms with van der Waals surface area (Å²) < 4.78 is 4.47. The molecular formula is C11H14ClNO3. The molecule has 2 N–H and O–H groups in total. The van der Waals surface area contributed by atoms with Crippen molar-refractivity contribution in [2.75, 3.05) is 19.0 Å². The minimum atomic E-state index is -1.58. The van der Waals surface area contributed by atoms with Gasteiger partial charge in [-0.15, -0.1) is 0 Å². The molecule has 88 valence electrons. The normalized spacial score (nSPS) is 14.0. The van der Waals surface area contributed by atoms with Crippen LogP contribution in [-0.2, 0) is 9.53 Å². The number of para-hydroxylation sites is 1. The standard InChI is InChI=1S/C11H14ClNO3/c1-11(15,10(14)16-2)7-13-9-6-4-3-5-8(9)12/h3-6,13,15H,7H2,1-2H3. The fourth-order valence-corrected chi connectivity index (χ4v) is 1.37. The number of anilines is 1. The van der Waals surface area contributed by atoms with Crippen molar-refractivity contribution in [2.24, 2.45) is 0 Å². The summed E-state index contributed by atoms with van der Waals surface area (Å²) in [6, 6.07) is 7.08. The number of hydrogen-bond donors (Lipinski definition) is 2. The maximum atomic E-state index is 11.2. The molecule has 0 aliphatic rings. The van der Waals surface area contributed by atoms with E-state index in [1.807, 2.05) is 0 Å². The van der Waals surface area contributed by atoms with Crippen molar-refractivity contribution in [3.63, 3.8) is 0 Å². The lowest BCUT2D eigenvalue weighted by molar-refractivity contribution is -0.158. The molecule has 0 heterocycles. The van der Waals surface area contributed by atoms with Gasteiger partial charge < -0.3 is 15.2 Å². The number of methoxy groups -OCH3 is 1. The van der Waals surface area contributed by atoms with Crippen LogP contribution in [0.2, 0.25) is 5.02 Å². The van der Waals surface area contributed by atoms with Gasteiger partial charge in [0.15, 0.2) is 5.60 Å². The highest BCUT2D eigenvalue weighted by Crippen LogP contribution is 2.21. The first-order chi connectivity index (χ1) is 7.47. The number of rotatable bonds is 4. The lowest BCUT2D eigenvalue weighted by Gasteiger charge is -2.21. The molecule has 0 bridgehead atoms. The Bertz CT molecular complexity index is 379. The molecule has 4 nitrogen and oxygen atoms in total. The summed E-state index contributed by atoms with van der Waals surface area (Å²) in [6.45, 7) is 1.41. The monoisotopic (exact) mass is 243 g/mol. The average molecular weight is 244 g/mol. The number of esters is 1. The fraction of sp³-hybridized carbons (Fsp3) is 0.364. The third-order valence-corrected chi connectivity index (χ3v) is 2.45. The number of carbonyl (C=O) groups is 1. The van der Waals surface area contributed by atoms with Crippen molar-refractivity contribution in [2.45, 2.75) is 12.5 Å². The van der Waals surface area contributed by atoms with Crippen LogP contribution in [0, 0.1) is 0 Å². The summed E-state index contributed by atoms with van der Waals surface area (Å²) in [6.07, 6.45) is 0. The highest BCUT2D eigenvalue weighted by molar-refractivity contribution is 6.33. The Hall–Kier alpha value is -1.26. The minimum absolute atomic E-state index is 0.0312. The SMILES string of the molecule is COC(=O)C(C)(O)CNc1ccccc1Cl. The maximum absolute atomic E-state index is 11.2. The zero-order chi connectivity index (χ0) is 12.2. The van der Waals surface area contributed by atoms with Crippen LogP contribution in [0.5, 0.6) is 0 Å². The molecule has 16 heavy (non-hydrogen) atoms. The van der Waals surface area contributed by atoms with Crippen molar-refractivity contribution >= 4 is 23.3 Å². The second-order valence-electron chi connectivity index (χ2n) is 3.60. The van der Waals surface area contributed by atoms with Crippen LogP contribution in [0.4, 0.5) is 5.69 Å². The van der Waals surface area contributed by atoms with Crippen LogP contribution < -0.4 is 5.32 Å². The van der Waals surface area contributed by atoms with Crippen molar-refractivity contribution in [3.8, 4) is 0 Å². The Balaban J connectivity index is 2.65. The summed E-state index contributed by atoms with van der Waals surface area (Å²) in [4.78, 5) is 11.2. The molecule has 1 rings (SSSR count). The van der Waals surface area contributed by atoms with E-state index in [0.717, 1.165) is 0 Å². The fourth-order valence-electron chi connectivity index (χ4n) is 1.16. The molecule has 1 aromatic rings. The van der Waals surface area contributed by atoms with Gasteiger partial charge in [0.1, 0.15) is 0 Å². The van der Waals surface area contributed by atoms with Crippen molar-refractivity contribution in [1.82, 2.24) is 0 Å². The lowest BCUT2D eigenvalue weighted by atomic mass is 10.1. The summed E-state index contributed by atoms with van der Waals surface area (Å²) in [5.74, 6) is -0.688. The van der Waals surface area contributed by atoms with E-state index in [9.17, 15) is 9.90 Å². The molecule has 0 spiro atoms. The molecule has 1 aromatic carbocycles. The maximum Gasteiger partial charge on any atom is 0.339 e. The molecule has 0 aromatic heterocycles. The smallest absolute Gasteiger partial charge is 0.339 e. The Morgan fingerprint density at radius 3 is 2.75 bits per heavy atom. The first-order valence-corrected chi connectivity index (χ1v) is 5.14. The zero-order valence-electron chi connectivity index (χ0n) is 9.16. The van der Waals surface area contributed by atoms with Crippen LogP contribution in [0.3, 0.4) is 0 Å². The number of nitrogens with one attached hydrogen (secondary N) is 1. The molecule has 0 saturated heterocycles. The summed E-state index contributed by atoms with van der Waals surface area (Å²) >= 11 is 5.91. The molecule has 1 unspecified atom stereocenters. The second-order valence-corrected chi connectivity index (χ2v) is 4.01. The van der Waals surface area contributed by atoms with Crippen molar-refractivity contribution < 1.29 is 14.6 Å².